The molecule has 3 nitrogen and oxygen atoms in total. The van der Waals surface area contributed by atoms with E-state index in [4.69, 9.17) is 5.73 Å². The first-order valence-electron chi connectivity index (χ1n) is 6.94. The maximum Gasteiger partial charge on any atom is 0.0895 e. The van der Waals surface area contributed by atoms with Crippen LogP contribution in [0.4, 0.5) is 5.69 Å². The summed E-state index contributed by atoms with van der Waals surface area (Å²) in [5.41, 5.74) is 8.97. The summed E-state index contributed by atoms with van der Waals surface area (Å²) in [4.78, 5) is 6.43. The van der Waals surface area contributed by atoms with Gasteiger partial charge >= 0.3 is 0 Å². The van der Waals surface area contributed by atoms with Crippen molar-refractivity contribution in [2.75, 3.05) is 18.0 Å². The van der Waals surface area contributed by atoms with E-state index in [9.17, 15) is 0 Å². The third-order valence-corrected chi connectivity index (χ3v) is 4.21. The summed E-state index contributed by atoms with van der Waals surface area (Å²) in [5.74, 6) is 0. The molecule has 1 fully saturated rings. The molecule has 0 radical (unpaired) electrons. The molecule has 1 aromatic rings. The fourth-order valence-electron chi connectivity index (χ4n) is 3.03. The van der Waals surface area contributed by atoms with Crippen molar-refractivity contribution in [3.8, 4) is 0 Å². The first-order valence-corrected chi connectivity index (χ1v) is 6.94. The Morgan fingerprint density at radius 3 is 2.39 bits per heavy atom. The van der Waals surface area contributed by atoms with Crippen LogP contribution in [0.1, 0.15) is 37.7 Å². The van der Waals surface area contributed by atoms with Gasteiger partial charge in [-0.1, -0.05) is 31.4 Å². The zero-order valence-electron chi connectivity index (χ0n) is 10.8. The second kappa shape index (κ2) is 4.73. The van der Waals surface area contributed by atoms with Crippen LogP contribution in [0.25, 0.3) is 0 Å². The van der Waals surface area contributed by atoms with E-state index in [1.54, 1.807) is 0 Å². The van der Waals surface area contributed by atoms with Gasteiger partial charge in [0.05, 0.1) is 12.9 Å². The van der Waals surface area contributed by atoms with E-state index in [1.165, 1.54) is 30.5 Å². The van der Waals surface area contributed by atoms with Crippen molar-refractivity contribution in [2.24, 2.45) is 10.7 Å². The minimum Gasteiger partial charge on any atom is -0.331 e. The summed E-state index contributed by atoms with van der Waals surface area (Å²) in [7, 11) is 0. The van der Waals surface area contributed by atoms with Crippen LogP contribution in [-0.2, 0) is 5.54 Å². The number of aliphatic imine (C=N–C) groups is 1. The van der Waals surface area contributed by atoms with Gasteiger partial charge in [0.2, 0.25) is 0 Å². The maximum atomic E-state index is 6.54. The van der Waals surface area contributed by atoms with E-state index in [0.29, 0.717) is 0 Å². The van der Waals surface area contributed by atoms with Gasteiger partial charge < -0.3 is 10.6 Å². The molecule has 1 aromatic carbocycles. The predicted octanol–water partition coefficient (Wildman–Crippen LogP) is 2.65. The average molecular weight is 243 g/mol. The largest absolute Gasteiger partial charge is 0.331 e. The fraction of sp³-hybridized carbons (Fsp3) is 0.533. The SMILES string of the molecule is NC1(c2ccc(N3C=NCC3)cc2)CCCCC1. The van der Waals surface area contributed by atoms with Crippen LogP contribution in [0.2, 0.25) is 0 Å². The maximum absolute atomic E-state index is 6.54. The highest BCUT2D eigenvalue weighted by Gasteiger charge is 2.29. The lowest BCUT2D eigenvalue weighted by molar-refractivity contribution is 0.302. The van der Waals surface area contributed by atoms with Crippen molar-refractivity contribution in [3.05, 3.63) is 29.8 Å². The molecule has 1 saturated carbocycles. The number of hydrogen-bond donors (Lipinski definition) is 1. The van der Waals surface area contributed by atoms with Gasteiger partial charge in [-0.25, -0.2) is 0 Å². The molecule has 0 atom stereocenters. The molecular formula is C15H21N3. The Hall–Kier alpha value is -1.35. The Bertz CT molecular complexity index is 430. The molecule has 3 heteroatoms. The fourth-order valence-corrected chi connectivity index (χ4v) is 3.03. The van der Waals surface area contributed by atoms with Crippen molar-refractivity contribution in [1.29, 1.82) is 0 Å². The normalized spacial score (nSPS) is 22.4. The Morgan fingerprint density at radius 2 is 1.78 bits per heavy atom. The number of anilines is 1. The lowest BCUT2D eigenvalue weighted by Crippen LogP contribution is -2.38. The third kappa shape index (κ3) is 2.15. The summed E-state index contributed by atoms with van der Waals surface area (Å²) >= 11 is 0. The minimum absolute atomic E-state index is 0.0874. The molecule has 0 spiro atoms. The number of rotatable bonds is 2. The Kier molecular flexibility index (Phi) is 3.08. The molecule has 1 aliphatic carbocycles. The van der Waals surface area contributed by atoms with Crippen molar-refractivity contribution in [3.63, 3.8) is 0 Å². The first-order chi connectivity index (χ1) is 8.78. The van der Waals surface area contributed by atoms with Crippen LogP contribution in [-0.4, -0.2) is 19.4 Å². The van der Waals surface area contributed by atoms with Crippen molar-refractivity contribution in [2.45, 2.75) is 37.6 Å². The molecule has 0 aromatic heterocycles. The van der Waals surface area contributed by atoms with Gasteiger partial charge in [-0.15, -0.1) is 0 Å². The number of nitrogens with two attached hydrogens (primary N) is 1. The third-order valence-electron chi connectivity index (χ3n) is 4.21. The zero-order valence-corrected chi connectivity index (χ0v) is 10.8. The summed E-state index contributed by atoms with van der Waals surface area (Å²) < 4.78 is 0. The van der Waals surface area contributed by atoms with Crippen LogP contribution >= 0.6 is 0 Å². The lowest BCUT2D eigenvalue weighted by Gasteiger charge is -2.34. The van der Waals surface area contributed by atoms with Gasteiger partial charge in [-0.3, -0.25) is 4.99 Å². The molecular weight excluding hydrogens is 222 g/mol. The van der Waals surface area contributed by atoms with Crippen molar-refractivity contribution >= 4 is 12.0 Å². The topological polar surface area (TPSA) is 41.6 Å². The van der Waals surface area contributed by atoms with Gasteiger partial charge in [0.25, 0.3) is 0 Å². The molecule has 18 heavy (non-hydrogen) atoms. The summed E-state index contributed by atoms with van der Waals surface area (Å²) in [5, 5.41) is 0. The number of hydrogen-bond acceptors (Lipinski definition) is 3. The number of nitrogens with zero attached hydrogens (tertiary/aromatic N) is 2. The van der Waals surface area contributed by atoms with Crippen LogP contribution in [0.3, 0.4) is 0 Å². The van der Waals surface area contributed by atoms with Crippen LogP contribution < -0.4 is 10.6 Å². The van der Waals surface area contributed by atoms with Crippen LogP contribution in [0, 0.1) is 0 Å². The molecule has 2 N–H and O–H groups in total. The van der Waals surface area contributed by atoms with Gasteiger partial charge in [-0.05, 0) is 30.5 Å². The predicted molar refractivity (Wildman–Crippen MR) is 76.1 cm³/mol. The van der Waals surface area contributed by atoms with E-state index in [1.807, 2.05) is 6.34 Å². The van der Waals surface area contributed by atoms with Crippen molar-refractivity contribution < 1.29 is 0 Å². The molecule has 0 saturated heterocycles. The van der Waals surface area contributed by atoms with E-state index < -0.39 is 0 Å². The van der Waals surface area contributed by atoms with Gasteiger partial charge in [-0.2, -0.15) is 0 Å². The highest BCUT2D eigenvalue weighted by molar-refractivity contribution is 5.80. The van der Waals surface area contributed by atoms with E-state index in [0.717, 1.165) is 25.9 Å². The second-order valence-electron chi connectivity index (χ2n) is 5.48. The van der Waals surface area contributed by atoms with Gasteiger partial charge in [0.1, 0.15) is 0 Å². The highest BCUT2D eigenvalue weighted by Crippen LogP contribution is 2.35. The quantitative estimate of drug-likeness (QED) is 0.867. The molecule has 0 unspecified atom stereocenters. The Balaban J connectivity index is 1.79. The van der Waals surface area contributed by atoms with E-state index in [2.05, 4.69) is 34.2 Å². The minimum atomic E-state index is -0.0874. The van der Waals surface area contributed by atoms with Gasteiger partial charge in [0, 0.05) is 17.8 Å². The van der Waals surface area contributed by atoms with Crippen LogP contribution in [0.15, 0.2) is 29.3 Å². The van der Waals surface area contributed by atoms with Crippen LogP contribution in [0.5, 0.6) is 0 Å². The molecule has 0 bridgehead atoms. The molecule has 0 amide bonds. The summed E-state index contributed by atoms with van der Waals surface area (Å²) in [6, 6.07) is 8.76. The smallest absolute Gasteiger partial charge is 0.0895 e. The van der Waals surface area contributed by atoms with E-state index >= 15 is 0 Å². The average Bonchev–Trinajstić information content (AvgIpc) is 2.94. The Morgan fingerprint density at radius 1 is 1.06 bits per heavy atom. The second-order valence-corrected chi connectivity index (χ2v) is 5.48. The summed E-state index contributed by atoms with van der Waals surface area (Å²) in [6.45, 7) is 1.90. The standard InChI is InChI=1S/C15H21N3/c16-15(8-2-1-3-9-15)13-4-6-14(7-5-13)18-11-10-17-12-18/h4-7,12H,1-3,8-11,16H2. The first kappa shape index (κ1) is 11.7. The van der Waals surface area contributed by atoms with E-state index in [-0.39, 0.29) is 5.54 Å². The Labute approximate surface area is 109 Å². The highest BCUT2D eigenvalue weighted by atomic mass is 15.2. The molecule has 96 valence electrons. The monoisotopic (exact) mass is 243 g/mol. The number of benzene rings is 1. The summed E-state index contributed by atoms with van der Waals surface area (Å²) in [6.07, 6.45) is 8.03. The molecule has 2 aliphatic rings. The molecule has 3 rings (SSSR count). The molecule has 1 heterocycles. The van der Waals surface area contributed by atoms with Crippen molar-refractivity contribution in [1.82, 2.24) is 0 Å². The van der Waals surface area contributed by atoms with Gasteiger partial charge in [0.15, 0.2) is 0 Å². The molecule has 1 aliphatic heterocycles. The lowest BCUT2D eigenvalue weighted by atomic mass is 9.77. The zero-order chi connectivity index (χ0) is 12.4.